The molecule has 0 atom stereocenters. The molecule has 0 bridgehead atoms. The Hall–Kier alpha value is -1.36. The summed E-state index contributed by atoms with van der Waals surface area (Å²) >= 11 is 0. The highest BCUT2D eigenvalue weighted by atomic mass is 16.5. The topological polar surface area (TPSA) is 83.8 Å². The van der Waals surface area contributed by atoms with E-state index < -0.39 is 11.9 Å². The number of rotatable bonds is 4. The van der Waals surface area contributed by atoms with Gasteiger partial charge in [-0.05, 0) is 0 Å². The summed E-state index contributed by atoms with van der Waals surface area (Å²) in [6.07, 6.45) is 1.44. The lowest BCUT2D eigenvalue weighted by Gasteiger charge is -1.95. The third-order valence-electron chi connectivity index (χ3n) is 0.698. The van der Waals surface area contributed by atoms with Crippen molar-refractivity contribution in [3.8, 4) is 0 Å². The molecule has 0 aliphatic heterocycles. The van der Waals surface area contributed by atoms with Crippen molar-refractivity contribution in [1.29, 1.82) is 0 Å². The molecule has 0 fully saturated rings. The van der Waals surface area contributed by atoms with Crippen LogP contribution in [0.15, 0.2) is 12.2 Å². The van der Waals surface area contributed by atoms with Gasteiger partial charge in [0.05, 0.1) is 6.61 Å². The number of carboxylic acid groups (broad SMARTS) is 1. The first kappa shape index (κ1) is 9.64. The number of aliphatic carboxylic acids is 1. The quantitative estimate of drug-likeness (QED) is 0.414. The Morgan fingerprint density at radius 1 is 1.36 bits per heavy atom. The molecule has 11 heavy (non-hydrogen) atoms. The monoisotopic (exact) mass is 160 g/mol. The molecule has 0 aromatic carbocycles. The van der Waals surface area contributed by atoms with E-state index in [2.05, 4.69) is 4.74 Å². The summed E-state index contributed by atoms with van der Waals surface area (Å²) in [5, 5.41) is 16.2. The van der Waals surface area contributed by atoms with Crippen LogP contribution in [-0.4, -0.2) is 35.4 Å². The van der Waals surface area contributed by atoms with Crippen molar-refractivity contribution in [2.24, 2.45) is 0 Å². The molecule has 5 nitrogen and oxygen atoms in total. The van der Waals surface area contributed by atoms with Gasteiger partial charge in [-0.25, -0.2) is 9.59 Å². The Balaban J connectivity index is 3.60. The van der Waals surface area contributed by atoms with E-state index in [1.165, 1.54) is 0 Å². The number of hydrogen-bond donors (Lipinski definition) is 2. The van der Waals surface area contributed by atoms with Crippen molar-refractivity contribution in [3.05, 3.63) is 12.2 Å². The summed E-state index contributed by atoms with van der Waals surface area (Å²) in [5.74, 6) is -1.99. The molecule has 0 saturated heterocycles. The molecule has 0 rings (SSSR count). The molecule has 0 aromatic heterocycles. The van der Waals surface area contributed by atoms with E-state index in [-0.39, 0.29) is 13.2 Å². The zero-order chi connectivity index (χ0) is 8.69. The zero-order valence-electron chi connectivity index (χ0n) is 5.69. The lowest BCUT2D eigenvalue weighted by molar-refractivity contribution is -0.139. The first-order valence-electron chi connectivity index (χ1n) is 2.85. The summed E-state index contributed by atoms with van der Waals surface area (Å²) < 4.78 is 4.30. The minimum Gasteiger partial charge on any atom is -0.478 e. The minimum atomic E-state index is -1.22. The highest BCUT2D eigenvalue weighted by Crippen LogP contribution is 1.80. The van der Waals surface area contributed by atoms with Crippen molar-refractivity contribution >= 4 is 11.9 Å². The van der Waals surface area contributed by atoms with E-state index in [4.69, 9.17) is 10.2 Å². The first-order chi connectivity index (χ1) is 5.16. The second-order valence-electron chi connectivity index (χ2n) is 1.56. The number of esters is 1. The number of aliphatic hydroxyl groups is 1. The molecule has 0 radical (unpaired) electrons. The highest BCUT2D eigenvalue weighted by molar-refractivity contribution is 5.90. The number of carbonyl (C=O) groups is 2. The summed E-state index contributed by atoms with van der Waals surface area (Å²) in [4.78, 5) is 20.3. The van der Waals surface area contributed by atoms with Gasteiger partial charge in [0.25, 0.3) is 0 Å². The van der Waals surface area contributed by atoms with Gasteiger partial charge in [-0.15, -0.1) is 0 Å². The van der Waals surface area contributed by atoms with Crippen molar-refractivity contribution in [2.45, 2.75) is 0 Å². The van der Waals surface area contributed by atoms with E-state index in [0.717, 1.165) is 6.08 Å². The maximum atomic E-state index is 10.4. The standard InChI is InChI=1S/C6H8O5/c7-3-4-11-6(10)2-1-5(8)9/h1-2,7H,3-4H2,(H,8,9)/b2-1-. The van der Waals surface area contributed by atoms with Crippen molar-refractivity contribution < 1.29 is 24.5 Å². The lowest BCUT2D eigenvalue weighted by Crippen LogP contribution is -2.05. The Morgan fingerprint density at radius 2 is 2.00 bits per heavy atom. The molecule has 62 valence electrons. The van der Waals surface area contributed by atoms with Crippen LogP contribution in [0.2, 0.25) is 0 Å². The van der Waals surface area contributed by atoms with E-state index >= 15 is 0 Å². The number of hydrogen-bond acceptors (Lipinski definition) is 4. The minimum absolute atomic E-state index is 0.122. The van der Waals surface area contributed by atoms with E-state index in [1.54, 1.807) is 0 Å². The van der Waals surface area contributed by atoms with Crippen LogP contribution < -0.4 is 0 Å². The molecular formula is C6H8O5. The Labute approximate surface area is 62.9 Å². The second-order valence-corrected chi connectivity index (χ2v) is 1.56. The van der Waals surface area contributed by atoms with E-state index in [0.29, 0.717) is 6.08 Å². The zero-order valence-corrected chi connectivity index (χ0v) is 5.69. The molecule has 5 heteroatoms. The first-order valence-corrected chi connectivity index (χ1v) is 2.85. The van der Waals surface area contributed by atoms with Gasteiger partial charge < -0.3 is 14.9 Å². The van der Waals surface area contributed by atoms with Crippen molar-refractivity contribution in [3.63, 3.8) is 0 Å². The second kappa shape index (κ2) is 5.43. The number of carboxylic acids is 1. The normalized spacial score (nSPS) is 9.91. The maximum absolute atomic E-state index is 10.4. The van der Waals surface area contributed by atoms with E-state index in [1.807, 2.05) is 0 Å². The summed E-state index contributed by atoms with van der Waals surface area (Å²) in [6, 6.07) is 0. The van der Waals surface area contributed by atoms with Crippen molar-refractivity contribution in [2.75, 3.05) is 13.2 Å². The fourth-order valence-electron chi connectivity index (χ4n) is 0.334. The van der Waals surface area contributed by atoms with Crippen LogP contribution in [0.3, 0.4) is 0 Å². The number of aliphatic hydroxyl groups excluding tert-OH is 1. The highest BCUT2D eigenvalue weighted by Gasteiger charge is 1.95. The summed E-state index contributed by atoms with van der Waals surface area (Å²) in [5.41, 5.74) is 0. The van der Waals surface area contributed by atoms with Crippen LogP contribution >= 0.6 is 0 Å². The summed E-state index contributed by atoms with van der Waals surface area (Å²) in [6.45, 7) is -0.393. The van der Waals surface area contributed by atoms with Gasteiger partial charge >= 0.3 is 11.9 Å². The molecule has 0 amide bonds. The van der Waals surface area contributed by atoms with Crippen LogP contribution in [0.25, 0.3) is 0 Å². The van der Waals surface area contributed by atoms with Crippen LogP contribution in [0.5, 0.6) is 0 Å². The molecule has 2 N–H and O–H groups in total. The van der Waals surface area contributed by atoms with Gasteiger partial charge in [0.2, 0.25) is 0 Å². The number of ether oxygens (including phenoxy) is 1. The fourth-order valence-corrected chi connectivity index (χ4v) is 0.334. The molecule has 0 aliphatic rings. The van der Waals surface area contributed by atoms with Gasteiger partial charge in [-0.2, -0.15) is 0 Å². The molecular weight excluding hydrogens is 152 g/mol. The maximum Gasteiger partial charge on any atom is 0.331 e. The predicted octanol–water partition coefficient (Wildman–Crippen LogP) is -0.837. The van der Waals surface area contributed by atoms with Gasteiger partial charge in [-0.3, -0.25) is 0 Å². The summed E-state index contributed by atoms with van der Waals surface area (Å²) in [7, 11) is 0. The number of carbonyl (C=O) groups excluding carboxylic acids is 1. The molecule has 0 spiro atoms. The van der Waals surface area contributed by atoms with Crippen LogP contribution in [-0.2, 0) is 14.3 Å². The molecule has 0 aromatic rings. The third-order valence-corrected chi connectivity index (χ3v) is 0.698. The van der Waals surface area contributed by atoms with Gasteiger partial charge in [0.15, 0.2) is 0 Å². The van der Waals surface area contributed by atoms with Gasteiger partial charge in [-0.1, -0.05) is 0 Å². The molecule has 0 unspecified atom stereocenters. The van der Waals surface area contributed by atoms with Crippen LogP contribution in [0.1, 0.15) is 0 Å². The SMILES string of the molecule is O=C(O)/C=C\C(=O)OCCO. The van der Waals surface area contributed by atoms with Crippen molar-refractivity contribution in [1.82, 2.24) is 0 Å². The Kier molecular flexibility index (Phi) is 4.76. The van der Waals surface area contributed by atoms with Crippen LogP contribution in [0.4, 0.5) is 0 Å². The largest absolute Gasteiger partial charge is 0.478 e. The average Bonchev–Trinajstić information content (AvgIpc) is 1.97. The molecule has 0 aliphatic carbocycles. The van der Waals surface area contributed by atoms with Crippen LogP contribution in [0, 0.1) is 0 Å². The predicted molar refractivity (Wildman–Crippen MR) is 34.8 cm³/mol. The lowest BCUT2D eigenvalue weighted by atomic mass is 10.5. The molecule has 0 saturated carbocycles. The van der Waals surface area contributed by atoms with Gasteiger partial charge in [0, 0.05) is 12.2 Å². The van der Waals surface area contributed by atoms with E-state index in [9.17, 15) is 9.59 Å². The van der Waals surface area contributed by atoms with Gasteiger partial charge in [0.1, 0.15) is 6.61 Å². The Bertz CT molecular complexity index is 172. The third kappa shape index (κ3) is 6.53. The Morgan fingerprint density at radius 3 is 2.45 bits per heavy atom. The average molecular weight is 160 g/mol. The smallest absolute Gasteiger partial charge is 0.331 e. The molecule has 0 heterocycles. The fraction of sp³-hybridized carbons (Fsp3) is 0.333.